The summed E-state index contributed by atoms with van der Waals surface area (Å²) in [4.78, 5) is 23.3. The molecule has 0 saturated carbocycles. The fourth-order valence-electron chi connectivity index (χ4n) is 4.51. The molecular weight excluding hydrogens is 685 g/mol. The second kappa shape index (κ2) is 35.3. The molecule has 0 bridgehead atoms. The molecule has 1 aromatic carbocycles. The van der Waals surface area contributed by atoms with Crippen molar-refractivity contribution in [2.24, 2.45) is 0 Å². The SMILES string of the molecule is CC.CC.CC.CC.CC.c1ccc2[nH]cnc2c1.c1ccncc1.c1cnc2c(c1)CCCN2.c1cnc2c(c1)NCCN2.c1cnc2c(c1)OCCN2. The summed E-state index contributed by atoms with van der Waals surface area (Å²) in [7, 11) is 0. The van der Waals surface area contributed by atoms with E-state index in [0.29, 0.717) is 0 Å². The van der Waals surface area contributed by atoms with Gasteiger partial charge in [0, 0.05) is 50.6 Å². The number of nitrogens with one attached hydrogen (secondary N) is 5. The van der Waals surface area contributed by atoms with Gasteiger partial charge in [-0.05, 0) is 73.0 Å². The van der Waals surface area contributed by atoms with E-state index in [1.165, 1.54) is 18.4 Å². The number of aromatic amines is 1. The molecule has 0 spiro atoms. The summed E-state index contributed by atoms with van der Waals surface area (Å²) in [5.74, 6) is 3.75. The van der Waals surface area contributed by atoms with Crippen LogP contribution >= 0.6 is 0 Å². The number of aromatic nitrogens is 6. The summed E-state index contributed by atoms with van der Waals surface area (Å²) < 4.78 is 5.30. The van der Waals surface area contributed by atoms with Crippen LogP contribution in [0.1, 0.15) is 81.2 Å². The molecule has 5 N–H and O–H groups in total. The Morgan fingerprint density at radius 3 is 1.71 bits per heavy atom. The lowest BCUT2D eigenvalue weighted by Crippen LogP contribution is -2.21. The van der Waals surface area contributed by atoms with E-state index in [-0.39, 0.29) is 0 Å². The second-order valence-corrected chi connectivity index (χ2v) is 9.86. The van der Waals surface area contributed by atoms with Crippen LogP contribution in [0.2, 0.25) is 0 Å². The predicted octanol–water partition coefficient (Wildman–Crippen LogP) is 11.0. The summed E-state index contributed by atoms with van der Waals surface area (Å²) >= 11 is 0. The number of ether oxygens (including phenoxy) is 1. The summed E-state index contributed by atoms with van der Waals surface area (Å²) in [5, 5.41) is 12.8. The van der Waals surface area contributed by atoms with E-state index in [0.717, 1.165) is 72.7 Å². The third-order valence-electron chi connectivity index (χ3n) is 6.66. The number of H-pyrrole nitrogens is 1. The first-order valence-electron chi connectivity index (χ1n) is 20.0. The molecule has 0 unspecified atom stereocenters. The smallest absolute Gasteiger partial charge is 0.168 e. The first kappa shape index (κ1) is 49.3. The number of hydrogen-bond acceptors (Lipinski definition) is 10. The summed E-state index contributed by atoms with van der Waals surface area (Å²) in [6, 6.07) is 25.5. The van der Waals surface area contributed by atoms with Gasteiger partial charge in [0.05, 0.1) is 29.6 Å². The highest BCUT2D eigenvalue weighted by molar-refractivity contribution is 5.73. The molecule has 0 aliphatic carbocycles. The summed E-state index contributed by atoms with van der Waals surface area (Å²) in [5.41, 5.74) is 4.58. The van der Waals surface area contributed by atoms with Gasteiger partial charge in [0.1, 0.15) is 18.2 Å². The molecular formula is C44H68N10O. The van der Waals surface area contributed by atoms with Gasteiger partial charge >= 0.3 is 0 Å². The van der Waals surface area contributed by atoms with E-state index < -0.39 is 0 Å². The van der Waals surface area contributed by atoms with Crippen LogP contribution in [0.15, 0.2) is 116 Å². The zero-order chi connectivity index (χ0) is 40.8. The molecule has 0 fully saturated rings. The quantitative estimate of drug-likeness (QED) is 0.102. The average molecular weight is 753 g/mol. The van der Waals surface area contributed by atoms with E-state index in [1.54, 1.807) is 31.1 Å². The molecule has 3 aliphatic rings. The monoisotopic (exact) mass is 753 g/mol. The molecule has 6 aromatic rings. The van der Waals surface area contributed by atoms with Crippen molar-refractivity contribution < 1.29 is 4.74 Å². The molecule has 0 atom stereocenters. The maximum Gasteiger partial charge on any atom is 0.168 e. The van der Waals surface area contributed by atoms with Crippen LogP contribution in [-0.4, -0.2) is 62.7 Å². The number of para-hydroxylation sites is 2. The number of aryl methyl sites for hydroxylation is 1. The van der Waals surface area contributed by atoms with Gasteiger partial charge in [0.25, 0.3) is 0 Å². The Balaban J connectivity index is 0.000000630. The fraction of sp³-hybridized carbons (Fsp3) is 0.386. The number of hydrogen-bond donors (Lipinski definition) is 5. The molecule has 5 aromatic heterocycles. The van der Waals surface area contributed by atoms with Crippen LogP contribution in [0.4, 0.5) is 23.1 Å². The first-order valence-corrected chi connectivity index (χ1v) is 20.0. The third-order valence-corrected chi connectivity index (χ3v) is 6.66. The fourth-order valence-corrected chi connectivity index (χ4v) is 4.51. The standard InChI is InChI=1S/C8H10N2.C7H9N3.C7H8N2O.C7H6N2.C5H5N.5C2H6/c1-3-7-4-2-6-10-8(7)9-5-1;1-2-6-7(9-3-1)10-5-4-8-6;1-2-6-7(8-3-1)9-4-5-10-6;1-2-4-7-6(3-1)8-5-9-7;1-2-4-6-5-3-1;5*1-2/h1,3,5H,2,4,6H2,(H,9,10);1-3,8H,4-5H2,(H,9,10);1-3H,4-5H2,(H,8,9);1-5H,(H,8,9);1-5H;5*1-2H3. The van der Waals surface area contributed by atoms with E-state index in [2.05, 4.69) is 57.2 Å². The van der Waals surface area contributed by atoms with Crippen molar-refractivity contribution in [3.63, 3.8) is 0 Å². The number of rotatable bonds is 0. The molecule has 0 radical (unpaired) electrons. The topological polar surface area (TPSA) is 138 Å². The van der Waals surface area contributed by atoms with Crippen molar-refractivity contribution in [3.8, 4) is 5.75 Å². The van der Waals surface area contributed by atoms with E-state index in [4.69, 9.17) is 4.74 Å². The van der Waals surface area contributed by atoms with Crippen LogP contribution in [0.25, 0.3) is 11.0 Å². The summed E-state index contributed by atoms with van der Waals surface area (Å²) in [6.45, 7) is 24.6. The van der Waals surface area contributed by atoms with Crippen molar-refractivity contribution in [2.75, 3.05) is 54.1 Å². The maximum absolute atomic E-state index is 5.30. The molecule has 9 rings (SSSR count). The van der Waals surface area contributed by atoms with Gasteiger partial charge in [0.15, 0.2) is 11.6 Å². The van der Waals surface area contributed by atoms with Gasteiger partial charge in [-0.3, -0.25) is 4.98 Å². The number of fused-ring (bicyclic) bond motifs is 4. The van der Waals surface area contributed by atoms with Crippen LogP contribution in [-0.2, 0) is 6.42 Å². The summed E-state index contributed by atoms with van der Waals surface area (Å²) in [6.07, 6.45) is 13.0. The van der Waals surface area contributed by atoms with E-state index in [9.17, 15) is 0 Å². The average Bonchev–Trinajstić information content (AvgIpc) is 3.81. The Morgan fingerprint density at radius 1 is 0.491 bits per heavy atom. The van der Waals surface area contributed by atoms with Crippen LogP contribution in [0.3, 0.4) is 0 Å². The lowest BCUT2D eigenvalue weighted by molar-refractivity contribution is 0.321. The normalized spacial score (nSPS) is 11.3. The van der Waals surface area contributed by atoms with Gasteiger partial charge in [0.2, 0.25) is 0 Å². The Labute approximate surface area is 331 Å². The van der Waals surface area contributed by atoms with E-state index >= 15 is 0 Å². The van der Waals surface area contributed by atoms with Crippen molar-refractivity contribution in [1.82, 2.24) is 29.9 Å². The highest BCUT2D eigenvalue weighted by atomic mass is 16.5. The second-order valence-electron chi connectivity index (χ2n) is 9.86. The van der Waals surface area contributed by atoms with Gasteiger partial charge < -0.3 is 31.0 Å². The Kier molecular flexibility index (Phi) is 31.7. The molecule has 55 heavy (non-hydrogen) atoms. The largest absolute Gasteiger partial charge is 0.488 e. The van der Waals surface area contributed by atoms with Crippen LogP contribution in [0, 0.1) is 0 Å². The van der Waals surface area contributed by atoms with Crippen molar-refractivity contribution >= 4 is 34.2 Å². The molecule has 11 nitrogen and oxygen atoms in total. The molecule has 8 heterocycles. The van der Waals surface area contributed by atoms with E-state index in [1.807, 2.05) is 148 Å². The zero-order valence-electron chi connectivity index (χ0n) is 35.1. The Hall–Kier alpha value is -5.71. The number of benzene rings is 1. The number of pyridine rings is 4. The van der Waals surface area contributed by atoms with Gasteiger partial charge in [-0.25, -0.2) is 19.9 Å². The third kappa shape index (κ3) is 20.4. The van der Waals surface area contributed by atoms with Crippen LogP contribution < -0.4 is 26.0 Å². The van der Waals surface area contributed by atoms with Crippen LogP contribution in [0.5, 0.6) is 5.75 Å². The molecule has 300 valence electrons. The number of anilines is 4. The first-order chi connectivity index (χ1) is 27.4. The molecule has 11 heteroatoms. The lowest BCUT2D eigenvalue weighted by Gasteiger charge is -2.17. The predicted molar refractivity (Wildman–Crippen MR) is 238 cm³/mol. The molecule has 0 saturated heterocycles. The Morgan fingerprint density at radius 2 is 1.09 bits per heavy atom. The van der Waals surface area contributed by atoms with Crippen molar-refractivity contribution in [3.05, 3.63) is 122 Å². The molecule has 3 aliphatic heterocycles. The Bertz CT molecular complexity index is 1440. The number of imidazole rings is 1. The lowest BCUT2D eigenvalue weighted by atomic mass is 10.1. The minimum absolute atomic E-state index is 0.735. The van der Waals surface area contributed by atoms with Gasteiger partial charge in [-0.2, -0.15) is 0 Å². The highest BCUT2D eigenvalue weighted by Gasteiger charge is 2.08. The van der Waals surface area contributed by atoms with Crippen molar-refractivity contribution in [1.29, 1.82) is 0 Å². The zero-order valence-corrected chi connectivity index (χ0v) is 35.1. The number of nitrogens with zero attached hydrogens (tertiary/aromatic N) is 5. The van der Waals surface area contributed by atoms with Gasteiger partial charge in [-0.1, -0.05) is 93.5 Å². The minimum Gasteiger partial charge on any atom is -0.488 e. The molecule has 0 amide bonds. The maximum atomic E-state index is 5.30. The van der Waals surface area contributed by atoms with Crippen molar-refractivity contribution in [2.45, 2.75) is 82.1 Å². The highest BCUT2D eigenvalue weighted by Crippen LogP contribution is 2.22. The minimum atomic E-state index is 0.735. The van der Waals surface area contributed by atoms with Gasteiger partial charge in [-0.15, -0.1) is 0 Å².